The quantitative estimate of drug-likeness (QED) is 0.521. The van der Waals surface area contributed by atoms with Crippen LogP contribution in [-0.2, 0) is 11.4 Å². The van der Waals surface area contributed by atoms with E-state index in [9.17, 15) is 9.59 Å². The van der Waals surface area contributed by atoms with Gasteiger partial charge in [-0.1, -0.05) is 30.3 Å². The van der Waals surface area contributed by atoms with E-state index >= 15 is 0 Å². The van der Waals surface area contributed by atoms with Gasteiger partial charge in [-0.2, -0.15) is 0 Å². The second-order valence-electron chi connectivity index (χ2n) is 5.89. The molecule has 5 heteroatoms. The normalized spacial score (nSPS) is 10.1. The van der Waals surface area contributed by atoms with Gasteiger partial charge in [0.2, 0.25) is 5.91 Å². The summed E-state index contributed by atoms with van der Waals surface area (Å²) in [4.78, 5) is 23.2. The van der Waals surface area contributed by atoms with Crippen molar-refractivity contribution in [2.75, 3.05) is 5.32 Å². The Balaban J connectivity index is 1.56. The van der Waals surface area contributed by atoms with Crippen molar-refractivity contribution in [3.8, 4) is 11.5 Å². The van der Waals surface area contributed by atoms with E-state index in [-0.39, 0.29) is 5.91 Å². The molecule has 27 heavy (non-hydrogen) atoms. The maximum atomic E-state index is 12.2. The van der Waals surface area contributed by atoms with Crippen molar-refractivity contribution in [1.29, 1.82) is 0 Å². The molecule has 0 radical (unpaired) electrons. The van der Waals surface area contributed by atoms with E-state index in [1.54, 1.807) is 48.5 Å². The molecule has 0 atom stereocenters. The Labute approximate surface area is 157 Å². The number of hydrogen-bond acceptors (Lipinski definition) is 4. The highest BCUT2D eigenvalue weighted by Crippen LogP contribution is 2.19. The highest BCUT2D eigenvalue weighted by molar-refractivity contribution is 5.91. The zero-order valence-electron chi connectivity index (χ0n) is 14.8. The molecule has 0 spiro atoms. The Morgan fingerprint density at radius 3 is 2.07 bits per heavy atom. The molecule has 0 bridgehead atoms. The van der Waals surface area contributed by atoms with Crippen molar-refractivity contribution in [3.05, 3.63) is 90.0 Å². The third-order valence-corrected chi connectivity index (χ3v) is 3.72. The fourth-order valence-electron chi connectivity index (χ4n) is 2.40. The first-order valence-corrected chi connectivity index (χ1v) is 8.47. The van der Waals surface area contributed by atoms with E-state index < -0.39 is 5.97 Å². The van der Waals surface area contributed by atoms with E-state index in [1.807, 2.05) is 30.3 Å². The van der Waals surface area contributed by atoms with Gasteiger partial charge in [-0.25, -0.2) is 4.79 Å². The van der Waals surface area contributed by atoms with Crippen LogP contribution in [0.5, 0.6) is 11.5 Å². The third-order valence-electron chi connectivity index (χ3n) is 3.72. The zero-order valence-corrected chi connectivity index (χ0v) is 14.8. The Bertz CT molecular complexity index is 903. The standard InChI is InChI=1S/C22H19NO4/c1-16(24)23-19-9-13-21(14-10-19)27-22(25)18-7-11-20(12-8-18)26-15-17-5-3-2-4-6-17/h2-14H,15H2,1H3,(H,23,24). The fourth-order valence-corrected chi connectivity index (χ4v) is 2.40. The van der Waals surface area contributed by atoms with Crippen LogP contribution in [0.1, 0.15) is 22.8 Å². The van der Waals surface area contributed by atoms with E-state index in [0.717, 1.165) is 5.56 Å². The number of carbonyl (C=O) groups excluding carboxylic acids is 2. The molecule has 0 fully saturated rings. The molecule has 1 N–H and O–H groups in total. The molecule has 0 aliphatic carbocycles. The summed E-state index contributed by atoms with van der Waals surface area (Å²) in [7, 11) is 0. The van der Waals surface area contributed by atoms with Gasteiger partial charge in [0.1, 0.15) is 18.1 Å². The summed E-state index contributed by atoms with van der Waals surface area (Å²) in [6.45, 7) is 1.90. The molecule has 5 nitrogen and oxygen atoms in total. The summed E-state index contributed by atoms with van der Waals surface area (Å²) >= 11 is 0. The Morgan fingerprint density at radius 2 is 1.44 bits per heavy atom. The number of nitrogens with one attached hydrogen (secondary N) is 1. The van der Waals surface area contributed by atoms with Crippen LogP contribution in [0.2, 0.25) is 0 Å². The Kier molecular flexibility index (Phi) is 5.84. The number of anilines is 1. The summed E-state index contributed by atoms with van der Waals surface area (Å²) < 4.78 is 11.0. The maximum Gasteiger partial charge on any atom is 0.343 e. The molecular weight excluding hydrogens is 342 g/mol. The molecular formula is C22H19NO4. The highest BCUT2D eigenvalue weighted by atomic mass is 16.5. The third kappa shape index (κ3) is 5.44. The van der Waals surface area contributed by atoms with Crippen LogP contribution >= 0.6 is 0 Å². The molecule has 3 aromatic carbocycles. The molecule has 0 unspecified atom stereocenters. The van der Waals surface area contributed by atoms with Crippen molar-refractivity contribution in [1.82, 2.24) is 0 Å². The summed E-state index contributed by atoms with van der Waals surface area (Å²) in [5.74, 6) is 0.458. The predicted molar refractivity (Wildman–Crippen MR) is 103 cm³/mol. The van der Waals surface area contributed by atoms with Crippen LogP contribution in [-0.4, -0.2) is 11.9 Å². The first kappa shape index (κ1) is 18.2. The van der Waals surface area contributed by atoms with E-state index in [4.69, 9.17) is 9.47 Å². The molecule has 136 valence electrons. The first-order chi connectivity index (χ1) is 13.1. The van der Waals surface area contributed by atoms with Crippen LogP contribution < -0.4 is 14.8 Å². The second kappa shape index (κ2) is 8.67. The van der Waals surface area contributed by atoms with Crippen molar-refractivity contribution in [2.45, 2.75) is 13.5 Å². The Morgan fingerprint density at radius 1 is 0.815 bits per heavy atom. The lowest BCUT2D eigenvalue weighted by molar-refractivity contribution is -0.114. The smallest absolute Gasteiger partial charge is 0.343 e. The monoisotopic (exact) mass is 361 g/mol. The van der Waals surface area contributed by atoms with Gasteiger partial charge >= 0.3 is 5.97 Å². The van der Waals surface area contributed by atoms with Crippen LogP contribution in [0.4, 0.5) is 5.69 Å². The van der Waals surface area contributed by atoms with Crippen molar-refractivity contribution in [3.63, 3.8) is 0 Å². The van der Waals surface area contributed by atoms with Crippen LogP contribution in [0.15, 0.2) is 78.9 Å². The number of benzene rings is 3. The predicted octanol–water partition coefficient (Wildman–Crippen LogP) is 4.44. The molecule has 0 aliphatic heterocycles. The minimum absolute atomic E-state index is 0.158. The number of hydrogen-bond donors (Lipinski definition) is 1. The summed E-state index contributed by atoms with van der Waals surface area (Å²) in [5, 5.41) is 2.65. The summed E-state index contributed by atoms with van der Waals surface area (Å²) in [6.07, 6.45) is 0. The molecule has 0 aromatic heterocycles. The summed E-state index contributed by atoms with van der Waals surface area (Å²) in [6, 6.07) is 23.2. The van der Waals surface area contributed by atoms with E-state index in [0.29, 0.717) is 29.4 Å². The highest BCUT2D eigenvalue weighted by Gasteiger charge is 2.09. The van der Waals surface area contributed by atoms with Gasteiger partial charge in [0.15, 0.2) is 0 Å². The van der Waals surface area contributed by atoms with Gasteiger partial charge in [-0.3, -0.25) is 4.79 Å². The average Bonchev–Trinajstić information content (AvgIpc) is 2.69. The number of carbonyl (C=O) groups is 2. The maximum absolute atomic E-state index is 12.2. The largest absolute Gasteiger partial charge is 0.489 e. The zero-order chi connectivity index (χ0) is 19.1. The fraction of sp³-hybridized carbons (Fsp3) is 0.0909. The topological polar surface area (TPSA) is 64.6 Å². The number of amides is 1. The van der Waals surface area contributed by atoms with E-state index in [2.05, 4.69) is 5.32 Å². The molecule has 3 rings (SSSR count). The van der Waals surface area contributed by atoms with Crippen LogP contribution in [0, 0.1) is 0 Å². The van der Waals surface area contributed by atoms with Gasteiger partial charge in [-0.15, -0.1) is 0 Å². The van der Waals surface area contributed by atoms with Gasteiger partial charge in [0.05, 0.1) is 5.56 Å². The van der Waals surface area contributed by atoms with Crippen LogP contribution in [0.3, 0.4) is 0 Å². The molecule has 0 heterocycles. The van der Waals surface area contributed by atoms with Crippen molar-refractivity contribution in [2.24, 2.45) is 0 Å². The minimum Gasteiger partial charge on any atom is -0.489 e. The number of ether oxygens (including phenoxy) is 2. The van der Waals surface area contributed by atoms with E-state index in [1.165, 1.54) is 6.92 Å². The number of rotatable bonds is 6. The van der Waals surface area contributed by atoms with Crippen molar-refractivity contribution < 1.29 is 19.1 Å². The minimum atomic E-state index is -0.461. The van der Waals surface area contributed by atoms with Gasteiger partial charge in [0, 0.05) is 12.6 Å². The Hall–Kier alpha value is -3.60. The molecule has 0 saturated carbocycles. The molecule has 0 aliphatic rings. The van der Waals surface area contributed by atoms with Gasteiger partial charge in [-0.05, 0) is 54.1 Å². The molecule has 3 aromatic rings. The van der Waals surface area contributed by atoms with Crippen LogP contribution in [0.25, 0.3) is 0 Å². The second-order valence-corrected chi connectivity index (χ2v) is 5.89. The van der Waals surface area contributed by atoms with Gasteiger partial charge in [0.25, 0.3) is 0 Å². The number of esters is 1. The van der Waals surface area contributed by atoms with Crippen molar-refractivity contribution >= 4 is 17.6 Å². The lowest BCUT2D eigenvalue weighted by Gasteiger charge is -2.08. The molecule has 1 amide bonds. The SMILES string of the molecule is CC(=O)Nc1ccc(OC(=O)c2ccc(OCc3ccccc3)cc2)cc1. The lowest BCUT2D eigenvalue weighted by Crippen LogP contribution is -2.09. The lowest BCUT2D eigenvalue weighted by atomic mass is 10.2. The molecule has 0 saturated heterocycles. The summed E-state index contributed by atoms with van der Waals surface area (Å²) in [5.41, 5.74) is 2.14. The average molecular weight is 361 g/mol. The first-order valence-electron chi connectivity index (χ1n) is 8.47. The van der Waals surface area contributed by atoms with Gasteiger partial charge < -0.3 is 14.8 Å².